The Morgan fingerprint density at radius 2 is 1.77 bits per heavy atom. The minimum atomic E-state index is -1.31. The molecule has 0 spiro atoms. The van der Waals surface area contributed by atoms with Gasteiger partial charge >= 0.3 is 5.97 Å². The van der Waals surface area contributed by atoms with Crippen LogP contribution in [0, 0.1) is 11.6 Å². The summed E-state index contributed by atoms with van der Waals surface area (Å²) in [7, 11) is 1.58. The first kappa shape index (κ1) is 30.3. The molecule has 0 bridgehead atoms. The fraction of sp³-hybridized carbons (Fsp3) is 0.233. The van der Waals surface area contributed by atoms with Crippen LogP contribution in [0.25, 0.3) is 16.7 Å². The molecule has 0 unspecified atom stereocenters. The van der Waals surface area contributed by atoms with Gasteiger partial charge in [-0.3, -0.25) is 9.79 Å². The number of hydrogen-bond donors (Lipinski definition) is 2. The number of nitrogens with two attached hydrogens (primary N) is 1. The SMILES string of the molecule is CN=CC(=CN)c1cc(Cl)c(C(=O)N2COc3c(ccc(F)c3-c3cc(N4CCOCC4)c(C(=O)O)cc3F)C2)c(Cl)c1. The molecule has 3 aromatic rings. The Balaban J connectivity index is 1.50. The van der Waals surface area contributed by atoms with Crippen LogP contribution in [0.3, 0.4) is 0 Å². The number of amides is 1. The summed E-state index contributed by atoms with van der Waals surface area (Å²) >= 11 is 13.0. The second-order valence-electron chi connectivity index (χ2n) is 9.77. The van der Waals surface area contributed by atoms with Crippen LogP contribution in [0.2, 0.25) is 10.0 Å². The number of carboxylic acids is 1. The van der Waals surface area contributed by atoms with Crippen LogP contribution in [0.1, 0.15) is 31.8 Å². The Morgan fingerprint density at radius 3 is 2.40 bits per heavy atom. The zero-order valence-corrected chi connectivity index (χ0v) is 24.4. The number of benzene rings is 3. The van der Waals surface area contributed by atoms with Crippen LogP contribution in [0.15, 0.2) is 47.6 Å². The highest BCUT2D eigenvalue weighted by atomic mass is 35.5. The number of carbonyl (C=O) groups excluding carboxylic acids is 1. The van der Waals surface area contributed by atoms with Crippen LogP contribution >= 0.6 is 23.2 Å². The number of morpholine rings is 1. The third-order valence-electron chi connectivity index (χ3n) is 7.18. The Hall–Kier alpha value is -4.19. The summed E-state index contributed by atoms with van der Waals surface area (Å²) in [4.78, 5) is 32.5. The van der Waals surface area contributed by atoms with E-state index in [9.17, 15) is 14.7 Å². The number of halogens is 4. The summed E-state index contributed by atoms with van der Waals surface area (Å²) in [6, 6.07) is 7.87. The number of aromatic carboxylic acids is 1. The Kier molecular flexibility index (Phi) is 8.86. The van der Waals surface area contributed by atoms with E-state index in [4.69, 9.17) is 38.4 Å². The highest BCUT2D eigenvalue weighted by Gasteiger charge is 2.31. The van der Waals surface area contributed by atoms with Crippen molar-refractivity contribution in [1.82, 2.24) is 4.90 Å². The maximum atomic E-state index is 15.4. The summed E-state index contributed by atoms with van der Waals surface area (Å²) in [6.07, 6.45) is 2.86. The number of hydrogen-bond acceptors (Lipinski definition) is 7. The number of anilines is 1. The summed E-state index contributed by atoms with van der Waals surface area (Å²) in [5.41, 5.74) is 6.89. The largest absolute Gasteiger partial charge is 0.478 e. The Morgan fingerprint density at radius 1 is 1.07 bits per heavy atom. The molecule has 0 radical (unpaired) electrons. The number of carbonyl (C=O) groups is 2. The number of fused-ring (bicyclic) bond motifs is 1. The van der Waals surface area contributed by atoms with Crippen molar-refractivity contribution >= 4 is 52.6 Å². The molecule has 0 saturated carbocycles. The number of nitrogens with zero attached hydrogens (tertiary/aromatic N) is 3. The van der Waals surface area contributed by atoms with Crippen molar-refractivity contribution in [3.05, 3.63) is 86.5 Å². The van der Waals surface area contributed by atoms with E-state index in [0.717, 1.165) is 12.1 Å². The van der Waals surface area contributed by atoms with E-state index in [1.54, 1.807) is 24.1 Å². The van der Waals surface area contributed by atoms with Gasteiger partial charge in [0.1, 0.15) is 17.4 Å². The van der Waals surface area contributed by atoms with Crippen molar-refractivity contribution in [1.29, 1.82) is 0 Å². The Labute approximate surface area is 255 Å². The molecule has 0 aliphatic carbocycles. The van der Waals surface area contributed by atoms with Gasteiger partial charge in [0.15, 0.2) is 6.73 Å². The zero-order chi connectivity index (χ0) is 30.8. The van der Waals surface area contributed by atoms with E-state index < -0.39 is 23.5 Å². The van der Waals surface area contributed by atoms with Crippen molar-refractivity contribution < 1.29 is 33.0 Å². The van der Waals surface area contributed by atoms with E-state index in [1.165, 1.54) is 29.4 Å². The third kappa shape index (κ3) is 5.88. The molecule has 2 aliphatic heterocycles. The lowest BCUT2D eigenvalue weighted by atomic mass is 9.96. The topological polar surface area (TPSA) is 118 Å². The first-order chi connectivity index (χ1) is 20.6. The lowest BCUT2D eigenvalue weighted by Gasteiger charge is -2.32. The standard InChI is InChI=1S/C30H26Cl2F2N4O5/c1-36-13-18(12-35)17-8-21(31)27(22(32)9-17)29(39)38-14-16-2-3-23(33)26(28(16)43-15-38)19-11-25(37-4-6-42-7-5-37)20(30(40)41)10-24(19)34/h2-3,8-13H,4-7,14-15,35H2,1H3,(H,40,41). The molecule has 224 valence electrons. The first-order valence-corrected chi connectivity index (χ1v) is 13.9. The molecule has 1 fully saturated rings. The molecule has 13 heteroatoms. The number of aliphatic imine (C=N–C) groups is 1. The number of allylic oxidation sites excluding steroid dienone is 1. The maximum absolute atomic E-state index is 15.4. The van der Waals surface area contributed by atoms with E-state index in [0.29, 0.717) is 43.0 Å². The molecule has 43 heavy (non-hydrogen) atoms. The minimum Gasteiger partial charge on any atom is -0.478 e. The summed E-state index contributed by atoms with van der Waals surface area (Å²) in [5.74, 6) is -3.50. The van der Waals surface area contributed by atoms with Gasteiger partial charge in [-0.05, 0) is 35.9 Å². The predicted octanol–water partition coefficient (Wildman–Crippen LogP) is 5.47. The van der Waals surface area contributed by atoms with Crippen molar-refractivity contribution in [2.24, 2.45) is 10.7 Å². The highest BCUT2D eigenvalue weighted by molar-refractivity contribution is 6.40. The van der Waals surface area contributed by atoms with Crippen molar-refractivity contribution in [2.75, 3.05) is 45.0 Å². The predicted molar refractivity (Wildman–Crippen MR) is 160 cm³/mol. The van der Waals surface area contributed by atoms with Gasteiger partial charge in [0, 0.05) is 49.3 Å². The van der Waals surface area contributed by atoms with Gasteiger partial charge in [-0.25, -0.2) is 13.6 Å². The monoisotopic (exact) mass is 630 g/mol. The summed E-state index contributed by atoms with van der Waals surface area (Å²) in [6.45, 7) is 1.17. The second-order valence-corrected chi connectivity index (χ2v) is 10.6. The highest BCUT2D eigenvalue weighted by Crippen LogP contribution is 2.42. The molecular weight excluding hydrogens is 605 g/mol. The molecule has 2 aliphatic rings. The fourth-order valence-electron chi connectivity index (χ4n) is 5.11. The van der Waals surface area contributed by atoms with E-state index >= 15 is 8.78 Å². The molecule has 3 N–H and O–H groups in total. The molecule has 9 nitrogen and oxygen atoms in total. The number of carboxylic acid groups (broad SMARTS) is 1. The minimum absolute atomic E-state index is 0.0164. The van der Waals surface area contributed by atoms with Gasteiger partial charge in [0.2, 0.25) is 0 Å². The van der Waals surface area contributed by atoms with E-state index in [-0.39, 0.29) is 57.0 Å². The first-order valence-electron chi connectivity index (χ1n) is 13.1. The van der Waals surface area contributed by atoms with E-state index in [2.05, 4.69) is 4.99 Å². The lowest BCUT2D eigenvalue weighted by molar-refractivity contribution is 0.0515. The van der Waals surface area contributed by atoms with Crippen molar-refractivity contribution in [3.63, 3.8) is 0 Å². The summed E-state index contributed by atoms with van der Waals surface area (Å²) < 4.78 is 42.0. The van der Waals surface area contributed by atoms with Crippen LogP contribution in [0.5, 0.6) is 5.75 Å². The van der Waals surface area contributed by atoms with Gasteiger partial charge in [-0.15, -0.1) is 0 Å². The molecule has 2 heterocycles. The fourth-order valence-corrected chi connectivity index (χ4v) is 5.76. The quantitative estimate of drug-likeness (QED) is 0.347. The molecule has 5 rings (SSSR count). The van der Waals surface area contributed by atoms with Crippen LogP contribution in [0.4, 0.5) is 14.5 Å². The lowest BCUT2D eigenvalue weighted by Crippen LogP contribution is -2.38. The summed E-state index contributed by atoms with van der Waals surface area (Å²) in [5, 5.41) is 9.89. The van der Waals surface area contributed by atoms with E-state index in [1.807, 2.05) is 0 Å². The molecule has 1 amide bonds. The normalized spacial score (nSPS) is 15.4. The average Bonchev–Trinajstić information content (AvgIpc) is 2.99. The smallest absolute Gasteiger partial charge is 0.337 e. The van der Waals surface area contributed by atoms with Crippen molar-refractivity contribution in [2.45, 2.75) is 6.54 Å². The van der Waals surface area contributed by atoms with Crippen LogP contribution in [-0.2, 0) is 11.3 Å². The zero-order valence-electron chi connectivity index (χ0n) is 22.9. The van der Waals surface area contributed by atoms with Crippen molar-refractivity contribution in [3.8, 4) is 16.9 Å². The van der Waals surface area contributed by atoms with Gasteiger partial charge in [0.25, 0.3) is 5.91 Å². The average molecular weight is 631 g/mol. The number of rotatable bonds is 6. The van der Waals surface area contributed by atoms with Gasteiger partial charge < -0.3 is 30.1 Å². The van der Waals surface area contributed by atoms with Gasteiger partial charge in [-0.2, -0.15) is 0 Å². The van der Waals surface area contributed by atoms with Crippen LogP contribution < -0.4 is 15.4 Å². The maximum Gasteiger partial charge on any atom is 0.337 e. The Bertz CT molecular complexity index is 1650. The molecular formula is C30H26Cl2F2N4O5. The molecule has 0 aromatic heterocycles. The van der Waals surface area contributed by atoms with Gasteiger partial charge in [-0.1, -0.05) is 29.3 Å². The molecule has 3 aromatic carbocycles. The number of ether oxygens (including phenoxy) is 2. The molecule has 1 saturated heterocycles. The van der Waals surface area contributed by atoms with Crippen LogP contribution in [-0.4, -0.2) is 68.2 Å². The third-order valence-corrected chi connectivity index (χ3v) is 7.77. The van der Waals surface area contributed by atoms with Gasteiger partial charge in [0.05, 0.1) is 52.2 Å². The second kappa shape index (κ2) is 12.6. The molecule has 0 atom stereocenters.